The van der Waals surface area contributed by atoms with Crippen LogP contribution >= 0.6 is 0 Å². The lowest BCUT2D eigenvalue weighted by atomic mass is 9.79. The van der Waals surface area contributed by atoms with Gasteiger partial charge in [0.1, 0.15) is 48.5 Å². The minimum absolute atomic E-state index is 0.110. The van der Waals surface area contributed by atoms with Crippen LogP contribution in [0.25, 0.3) is 0 Å². The van der Waals surface area contributed by atoms with Gasteiger partial charge in [0.2, 0.25) is 12.0 Å². The maximum atomic E-state index is 12.2. The molecule has 2 aromatic rings. The molecule has 4 aliphatic heterocycles. The zero-order valence-electron chi connectivity index (χ0n) is 23.6. The molecule has 1 fully saturated rings. The molecule has 6 rings (SSSR count). The Balaban J connectivity index is 1.25. The van der Waals surface area contributed by atoms with Crippen molar-refractivity contribution in [2.75, 3.05) is 20.8 Å². The number of carboxylic acid groups (broad SMARTS) is 1. The van der Waals surface area contributed by atoms with E-state index in [9.17, 15) is 24.9 Å². The summed E-state index contributed by atoms with van der Waals surface area (Å²) in [5.74, 6) is -0.477. The van der Waals surface area contributed by atoms with Crippen molar-refractivity contribution in [2.24, 2.45) is 5.73 Å². The van der Waals surface area contributed by atoms with E-state index in [1.807, 2.05) is 12.1 Å². The van der Waals surface area contributed by atoms with E-state index in [1.165, 1.54) is 19.4 Å². The highest BCUT2D eigenvalue weighted by Gasteiger charge is 2.61. The summed E-state index contributed by atoms with van der Waals surface area (Å²) in [7, 11) is 3.08. The van der Waals surface area contributed by atoms with Gasteiger partial charge in [-0.3, -0.25) is 9.59 Å². The van der Waals surface area contributed by atoms with Crippen LogP contribution in [0.4, 0.5) is 0 Å². The van der Waals surface area contributed by atoms with Gasteiger partial charge in [0.25, 0.3) is 0 Å². The zero-order chi connectivity index (χ0) is 31.3. The quantitative estimate of drug-likeness (QED) is 0.173. The molecule has 9 atom stereocenters. The zero-order valence-corrected chi connectivity index (χ0v) is 23.6. The number of nitrogens with one attached hydrogen (secondary N) is 1. The third kappa shape index (κ3) is 4.82. The highest BCUT2D eigenvalue weighted by molar-refractivity contribution is 5.90. The molecule has 0 aliphatic carbocycles. The molecule has 4 heterocycles. The average molecular weight is 617 g/mol. The lowest BCUT2D eigenvalue weighted by Gasteiger charge is -2.52. The van der Waals surface area contributed by atoms with Gasteiger partial charge in [-0.05, 0) is 30.5 Å². The lowest BCUT2D eigenvalue weighted by molar-refractivity contribution is -0.321. The number of aliphatic hydroxyl groups is 3. The molecule has 44 heavy (non-hydrogen) atoms. The highest BCUT2D eigenvalue weighted by atomic mass is 16.7. The van der Waals surface area contributed by atoms with E-state index < -0.39 is 60.8 Å². The van der Waals surface area contributed by atoms with Crippen molar-refractivity contribution in [3.63, 3.8) is 0 Å². The first-order chi connectivity index (χ1) is 21.1. The monoisotopic (exact) mass is 616 g/mol. The Morgan fingerprint density at radius 1 is 1.09 bits per heavy atom. The minimum atomic E-state index is -2.01. The van der Waals surface area contributed by atoms with Gasteiger partial charge in [-0.15, -0.1) is 0 Å². The maximum absolute atomic E-state index is 12.2. The molecule has 7 N–H and O–H groups in total. The Morgan fingerprint density at radius 3 is 2.59 bits per heavy atom. The number of fused-ring (bicyclic) bond motifs is 5. The van der Waals surface area contributed by atoms with Crippen LogP contribution in [0.15, 0.2) is 42.6 Å². The fourth-order valence-corrected chi connectivity index (χ4v) is 6.07. The first-order valence-corrected chi connectivity index (χ1v) is 13.8. The molecule has 0 saturated carbocycles. The lowest BCUT2D eigenvalue weighted by Crippen LogP contribution is -2.74. The minimum Gasteiger partial charge on any atom is -0.493 e. The second-order valence-corrected chi connectivity index (χ2v) is 10.8. The molecule has 0 unspecified atom stereocenters. The van der Waals surface area contributed by atoms with Gasteiger partial charge in [-0.25, -0.2) is 0 Å². The van der Waals surface area contributed by atoms with E-state index in [0.717, 1.165) is 11.1 Å². The van der Waals surface area contributed by atoms with Gasteiger partial charge in [-0.2, -0.15) is 0 Å². The maximum Gasteiger partial charge on any atom is 0.317 e. The number of aliphatic hydroxyl groups excluding tert-OH is 3. The first-order valence-electron chi connectivity index (χ1n) is 13.8. The number of esters is 1. The number of benzene rings is 2. The summed E-state index contributed by atoms with van der Waals surface area (Å²) in [6.45, 7) is 0.291. The normalized spacial score (nSPS) is 33.0. The summed E-state index contributed by atoms with van der Waals surface area (Å²) in [4.78, 5) is 23.3. The van der Waals surface area contributed by atoms with Gasteiger partial charge in [0.05, 0.1) is 26.7 Å². The Hall–Kier alpha value is -4.28. The molecule has 2 aromatic carbocycles. The van der Waals surface area contributed by atoms with E-state index in [4.69, 9.17) is 44.0 Å². The number of nitrogens with two attached hydrogens (primary N) is 1. The number of methoxy groups -OCH3 is 2. The van der Waals surface area contributed by atoms with E-state index in [2.05, 4.69) is 5.32 Å². The number of carbonyl (C=O) groups excluding carboxylic acids is 1. The van der Waals surface area contributed by atoms with E-state index in [1.54, 1.807) is 25.3 Å². The smallest absolute Gasteiger partial charge is 0.317 e. The van der Waals surface area contributed by atoms with Crippen molar-refractivity contribution in [1.82, 2.24) is 5.32 Å². The first kappa shape index (κ1) is 29.8. The van der Waals surface area contributed by atoms with Crippen molar-refractivity contribution in [3.05, 3.63) is 53.7 Å². The summed E-state index contributed by atoms with van der Waals surface area (Å²) in [6.07, 6.45) is -8.48. The fraction of sp³-hybridized carbons (Fsp3) is 0.448. The Kier molecular flexibility index (Phi) is 7.67. The Labute approximate surface area is 250 Å². The molecular weight excluding hydrogens is 584 g/mol. The van der Waals surface area contributed by atoms with Crippen LogP contribution in [0.2, 0.25) is 0 Å². The second kappa shape index (κ2) is 11.3. The largest absolute Gasteiger partial charge is 0.493 e. The molecule has 1 saturated heterocycles. The summed E-state index contributed by atoms with van der Waals surface area (Å²) in [5.41, 5.74) is 5.73. The predicted octanol–water partition coefficient (Wildman–Crippen LogP) is -0.342. The van der Waals surface area contributed by atoms with E-state index >= 15 is 0 Å². The molecule has 1 spiro atoms. The number of carbonyl (C=O) groups is 2. The molecule has 4 aliphatic rings. The van der Waals surface area contributed by atoms with Crippen LogP contribution in [0, 0.1) is 0 Å². The molecule has 0 bridgehead atoms. The molecule has 0 amide bonds. The van der Waals surface area contributed by atoms with Gasteiger partial charge >= 0.3 is 11.9 Å². The Bertz CT molecular complexity index is 1480. The van der Waals surface area contributed by atoms with Crippen molar-refractivity contribution in [3.8, 4) is 28.7 Å². The molecular formula is C29H32N2O13. The number of ether oxygens (including phenoxy) is 7. The van der Waals surface area contributed by atoms with Crippen LogP contribution in [0.3, 0.4) is 0 Å². The van der Waals surface area contributed by atoms with Crippen LogP contribution in [-0.2, 0) is 19.1 Å². The van der Waals surface area contributed by atoms with Crippen LogP contribution in [0.1, 0.15) is 29.6 Å². The molecule has 0 radical (unpaired) electrons. The van der Waals surface area contributed by atoms with Gasteiger partial charge in [0.15, 0.2) is 23.2 Å². The van der Waals surface area contributed by atoms with Crippen LogP contribution in [-0.4, -0.2) is 95.7 Å². The Morgan fingerprint density at radius 2 is 1.86 bits per heavy atom. The average Bonchev–Trinajstić information content (AvgIpc) is 3.38. The molecule has 236 valence electrons. The summed E-state index contributed by atoms with van der Waals surface area (Å²) in [6, 6.07) is 8.64. The van der Waals surface area contributed by atoms with Gasteiger partial charge in [-0.1, -0.05) is 6.07 Å². The summed E-state index contributed by atoms with van der Waals surface area (Å²) < 4.78 is 40.6. The van der Waals surface area contributed by atoms with E-state index in [-0.39, 0.29) is 17.8 Å². The number of aliphatic carboxylic acids is 1. The molecule has 15 nitrogen and oxygen atoms in total. The van der Waals surface area contributed by atoms with Crippen molar-refractivity contribution in [1.29, 1.82) is 0 Å². The van der Waals surface area contributed by atoms with Crippen LogP contribution in [0.5, 0.6) is 28.7 Å². The standard InChI is InChI=1S/C29H32N2O13/c1-38-16-6-5-13-15-11-40-17-9-12(3-4-14(17)22(15)43-23(13)24(16)39-2)41-28-21(36)20(35)25(37)29(44-28)7-8-31-27(30)26(29)42-19(34)10-18(32)33/h3-9,15,20-22,25-28,31,35-37H,10-11,30H2,1-2H3,(H,32,33)/t15-,20+,21+,22-,25-,26+,27-,28+,29-/m0/s1. The summed E-state index contributed by atoms with van der Waals surface area (Å²) in [5, 5.41) is 44.3. The van der Waals surface area contributed by atoms with Crippen molar-refractivity contribution >= 4 is 11.9 Å². The number of rotatable bonds is 7. The highest BCUT2D eigenvalue weighted by Crippen LogP contribution is 2.56. The molecule has 0 aromatic heterocycles. The SMILES string of the molecule is COc1ccc2c(c1OC)O[C@H]1c3ccc(O[C@@H]4O[C@@]5(C=CN[C@H](N)[C@H]5OC(=O)CC(=O)O)[C@@H](O)[C@H](O)[C@H]4O)cc3OC[C@@H]21. The molecule has 15 heteroatoms. The number of hydrogen-bond donors (Lipinski definition) is 6. The van der Waals surface area contributed by atoms with Crippen LogP contribution < -0.4 is 34.7 Å². The second-order valence-electron chi connectivity index (χ2n) is 10.8. The van der Waals surface area contributed by atoms with Gasteiger partial charge < -0.3 is 64.6 Å². The third-order valence-electron chi connectivity index (χ3n) is 8.19. The topological polar surface area (TPSA) is 218 Å². The van der Waals surface area contributed by atoms with E-state index in [0.29, 0.717) is 29.6 Å². The fourth-order valence-electron chi connectivity index (χ4n) is 6.07. The third-order valence-corrected chi connectivity index (χ3v) is 8.19. The number of hydrogen-bond acceptors (Lipinski definition) is 14. The van der Waals surface area contributed by atoms with Gasteiger partial charge in [0, 0.05) is 17.2 Å². The number of carboxylic acids is 1. The van der Waals surface area contributed by atoms with Crippen molar-refractivity contribution < 1.29 is 63.2 Å². The summed E-state index contributed by atoms with van der Waals surface area (Å²) >= 11 is 0. The van der Waals surface area contributed by atoms with Crippen molar-refractivity contribution in [2.45, 2.75) is 60.9 Å². The predicted molar refractivity (Wildman–Crippen MR) is 146 cm³/mol.